The van der Waals surface area contributed by atoms with E-state index in [4.69, 9.17) is 0 Å². The maximum atomic E-state index is 11.8. The van der Waals surface area contributed by atoms with Gasteiger partial charge in [0.05, 0.1) is 7.11 Å². The van der Waals surface area contributed by atoms with Gasteiger partial charge >= 0.3 is 5.97 Å². The first kappa shape index (κ1) is 12.4. The Hall–Kier alpha value is -1.64. The van der Waals surface area contributed by atoms with E-state index in [1.165, 1.54) is 7.11 Å². The van der Waals surface area contributed by atoms with Gasteiger partial charge < -0.3 is 4.74 Å². The molecule has 0 fully saturated rings. The lowest BCUT2D eigenvalue weighted by Gasteiger charge is -2.08. The van der Waals surface area contributed by atoms with Crippen LogP contribution in [0.4, 0.5) is 0 Å². The standard InChI is InChI=1S/C13H16O3/c1-10(9-13(15)16-2)8-12(14)11-6-4-3-5-7-11/h3-7,10H,8-9H2,1-2H3/t10-/m1/s1. The minimum absolute atomic E-state index is 0.0140. The minimum Gasteiger partial charge on any atom is -0.469 e. The van der Waals surface area contributed by atoms with Crippen molar-refractivity contribution in [2.45, 2.75) is 19.8 Å². The SMILES string of the molecule is COC(=O)C[C@H](C)CC(=O)c1ccccc1. The summed E-state index contributed by atoms with van der Waals surface area (Å²) in [6, 6.07) is 9.10. The van der Waals surface area contributed by atoms with Gasteiger partial charge in [-0.25, -0.2) is 0 Å². The molecule has 0 amide bonds. The number of hydrogen-bond donors (Lipinski definition) is 0. The second-order valence-electron chi connectivity index (χ2n) is 3.88. The summed E-state index contributed by atoms with van der Waals surface area (Å²) in [5, 5.41) is 0. The first-order chi connectivity index (χ1) is 7.63. The third-order valence-corrected chi connectivity index (χ3v) is 2.37. The molecule has 1 aromatic rings. The van der Waals surface area contributed by atoms with Gasteiger partial charge in [-0.2, -0.15) is 0 Å². The van der Waals surface area contributed by atoms with Crippen LogP contribution in [-0.4, -0.2) is 18.9 Å². The number of rotatable bonds is 5. The van der Waals surface area contributed by atoms with E-state index in [-0.39, 0.29) is 24.1 Å². The van der Waals surface area contributed by atoms with E-state index in [0.717, 1.165) is 0 Å². The summed E-state index contributed by atoms with van der Waals surface area (Å²) in [4.78, 5) is 22.8. The molecule has 3 heteroatoms. The van der Waals surface area contributed by atoms with Crippen molar-refractivity contribution in [2.75, 3.05) is 7.11 Å². The molecule has 86 valence electrons. The lowest BCUT2D eigenvalue weighted by Crippen LogP contribution is -2.11. The third-order valence-electron chi connectivity index (χ3n) is 2.37. The van der Waals surface area contributed by atoms with Crippen LogP contribution in [0.3, 0.4) is 0 Å². The highest BCUT2D eigenvalue weighted by Gasteiger charge is 2.14. The van der Waals surface area contributed by atoms with E-state index >= 15 is 0 Å². The summed E-state index contributed by atoms with van der Waals surface area (Å²) in [5.74, 6) is -0.189. The molecule has 0 bridgehead atoms. The van der Waals surface area contributed by atoms with Gasteiger partial charge in [0, 0.05) is 18.4 Å². The predicted octanol–water partition coefficient (Wildman–Crippen LogP) is 2.46. The van der Waals surface area contributed by atoms with Crippen LogP contribution in [0.25, 0.3) is 0 Å². The van der Waals surface area contributed by atoms with Crippen LogP contribution in [0, 0.1) is 5.92 Å². The molecule has 0 heterocycles. The Bertz CT molecular complexity index is 357. The molecule has 0 unspecified atom stereocenters. The lowest BCUT2D eigenvalue weighted by atomic mass is 9.97. The molecule has 1 rings (SSSR count). The van der Waals surface area contributed by atoms with Gasteiger partial charge in [-0.1, -0.05) is 37.3 Å². The van der Waals surface area contributed by atoms with Gasteiger partial charge in [0.25, 0.3) is 0 Å². The molecule has 0 radical (unpaired) electrons. The third kappa shape index (κ3) is 3.85. The highest BCUT2D eigenvalue weighted by Crippen LogP contribution is 2.13. The fraction of sp³-hybridized carbons (Fsp3) is 0.385. The largest absolute Gasteiger partial charge is 0.469 e. The van der Waals surface area contributed by atoms with Gasteiger partial charge in [-0.05, 0) is 5.92 Å². The molecule has 0 aliphatic heterocycles. The van der Waals surface area contributed by atoms with Crippen molar-refractivity contribution in [2.24, 2.45) is 5.92 Å². The number of methoxy groups -OCH3 is 1. The predicted molar refractivity (Wildman–Crippen MR) is 61.2 cm³/mol. The second kappa shape index (κ2) is 6.05. The van der Waals surface area contributed by atoms with Crippen LogP contribution < -0.4 is 0 Å². The number of esters is 1. The van der Waals surface area contributed by atoms with E-state index in [2.05, 4.69) is 4.74 Å². The Morgan fingerprint density at radius 2 is 1.81 bits per heavy atom. The number of benzene rings is 1. The monoisotopic (exact) mass is 220 g/mol. The molecule has 0 aliphatic carbocycles. The van der Waals surface area contributed by atoms with Gasteiger partial charge in [0.2, 0.25) is 0 Å². The topological polar surface area (TPSA) is 43.4 Å². The molecule has 0 N–H and O–H groups in total. The average Bonchev–Trinajstić information content (AvgIpc) is 2.29. The van der Waals surface area contributed by atoms with Crippen molar-refractivity contribution < 1.29 is 14.3 Å². The first-order valence-corrected chi connectivity index (χ1v) is 5.28. The van der Waals surface area contributed by atoms with E-state index in [0.29, 0.717) is 12.0 Å². The molecule has 0 spiro atoms. The minimum atomic E-state index is -0.270. The van der Waals surface area contributed by atoms with Crippen molar-refractivity contribution in [3.8, 4) is 0 Å². The molecule has 1 atom stereocenters. The summed E-state index contributed by atoms with van der Waals surface area (Å²) in [5.41, 5.74) is 0.694. The zero-order valence-electron chi connectivity index (χ0n) is 9.60. The summed E-state index contributed by atoms with van der Waals surface area (Å²) in [6.45, 7) is 1.87. The van der Waals surface area contributed by atoms with Gasteiger partial charge in [0.1, 0.15) is 0 Å². The number of ether oxygens (including phenoxy) is 1. The average molecular weight is 220 g/mol. The molecule has 16 heavy (non-hydrogen) atoms. The second-order valence-corrected chi connectivity index (χ2v) is 3.88. The van der Waals surface area contributed by atoms with Crippen molar-refractivity contribution in [1.82, 2.24) is 0 Å². The van der Waals surface area contributed by atoms with Crippen LogP contribution in [0.2, 0.25) is 0 Å². The molecule has 0 saturated heterocycles. The highest BCUT2D eigenvalue weighted by atomic mass is 16.5. The van der Waals surface area contributed by atoms with E-state index in [1.807, 2.05) is 25.1 Å². The van der Waals surface area contributed by atoms with Crippen LogP contribution in [0.1, 0.15) is 30.1 Å². The maximum Gasteiger partial charge on any atom is 0.305 e. The van der Waals surface area contributed by atoms with Crippen LogP contribution in [-0.2, 0) is 9.53 Å². The highest BCUT2D eigenvalue weighted by molar-refractivity contribution is 5.96. The van der Waals surface area contributed by atoms with Gasteiger partial charge in [0.15, 0.2) is 5.78 Å². The van der Waals surface area contributed by atoms with Crippen molar-refractivity contribution in [1.29, 1.82) is 0 Å². The van der Waals surface area contributed by atoms with Crippen LogP contribution in [0.15, 0.2) is 30.3 Å². The van der Waals surface area contributed by atoms with E-state index < -0.39 is 0 Å². The number of hydrogen-bond acceptors (Lipinski definition) is 3. The Morgan fingerprint density at radius 1 is 1.19 bits per heavy atom. The first-order valence-electron chi connectivity index (χ1n) is 5.28. The molecule has 0 saturated carbocycles. The van der Waals surface area contributed by atoms with Gasteiger partial charge in [-0.3, -0.25) is 9.59 Å². The zero-order chi connectivity index (χ0) is 12.0. The molecule has 3 nitrogen and oxygen atoms in total. The quantitative estimate of drug-likeness (QED) is 0.565. The summed E-state index contributed by atoms with van der Waals surface area (Å²) >= 11 is 0. The smallest absolute Gasteiger partial charge is 0.305 e. The number of carbonyl (C=O) groups excluding carboxylic acids is 2. The van der Waals surface area contributed by atoms with Crippen LogP contribution in [0.5, 0.6) is 0 Å². The Labute approximate surface area is 95.4 Å². The summed E-state index contributed by atoms with van der Waals surface area (Å²) in [7, 11) is 1.36. The normalized spacial score (nSPS) is 11.9. The molecule has 0 aromatic heterocycles. The Balaban J connectivity index is 2.49. The van der Waals surface area contributed by atoms with Crippen molar-refractivity contribution in [3.63, 3.8) is 0 Å². The molecule has 1 aromatic carbocycles. The number of ketones is 1. The fourth-order valence-electron chi connectivity index (χ4n) is 1.50. The summed E-state index contributed by atoms with van der Waals surface area (Å²) < 4.78 is 4.56. The molecule has 0 aliphatic rings. The van der Waals surface area contributed by atoms with Crippen molar-refractivity contribution >= 4 is 11.8 Å². The summed E-state index contributed by atoms with van der Waals surface area (Å²) in [6.07, 6.45) is 0.661. The van der Waals surface area contributed by atoms with Gasteiger partial charge in [-0.15, -0.1) is 0 Å². The molecular formula is C13H16O3. The van der Waals surface area contributed by atoms with E-state index in [1.54, 1.807) is 12.1 Å². The fourth-order valence-corrected chi connectivity index (χ4v) is 1.50. The zero-order valence-corrected chi connectivity index (χ0v) is 9.60. The Morgan fingerprint density at radius 3 is 2.38 bits per heavy atom. The van der Waals surface area contributed by atoms with Crippen molar-refractivity contribution in [3.05, 3.63) is 35.9 Å². The number of Topliss-reactive ketones (excluding diaryl/α,β-unsaturated/α-hetero) is 1. The number of carbonyl (C=O) groups is 2. The molecular weight excluding hydrogens is 204 g/mol. The van der Waals surface area contributed by atoms with Crippen LogP contribution >= 0.6 is 0 Å². The van der Waals surface area contributed by atoms with E-state index in [9.17, 15) is 9.59 Å². The lowest BCUT2D eigenvalue weighted by molar-refractivity contribution is -0.141. The maximum absolute atomic E-state index is 11.8. The Kier molecular flexibility index (Phi) is 4.70.